The molecule has 0 aliphatic carbocycles. The lowest BCUT2D eigenvalue weighted by atomic mass is 9.98. The summed E-state index contributed by atoms with van der Waals surface area (Å²) in [6.07, 6.45) is 0.0295. The predicted molar refractivity (Wildman–Crippen MR) is 119 cm³/mol. The molecule has 0 bridgehead atoms. The fraction of sp³-hybridized carbons (Fsp3) is 0.375. The summed E-state index contributed by atoms with van der Waals surface area (Å²) in [6.45, 7) is 3.79. The van der Waals surface area contributed by atoms with Crippen LogP contribution >= 0.6 is 0 Å². The number of hydrogen-bond acceptors (Lipinski definition) is 6. The third-order valence-electron chi connectivity index (χ3n) is 5.16. The lowest BCUT2D eigenvalue weighted by Crippen LogP contribution is -2.54. The van der Waals surface area contributed by atoms with Crippen molar-refractivity contribution in [2.24, 2.45) is 5.92 Å². The van der Waals surface area contributed by atoms with Gasteiger partial charge in [0, 0.05) is 6.42 Å². The topological polar surface area (TPSA) is 114 Å². The van der Waals surface area contributed by atoms with E-state index in [4.69, 9.17) is 9.47 Å². The normalized spacial score (nSPS) is 13.3. The lowest BCUT2D eigenvalue weighted by molar-refractivity contribution is -0.146. The van der Waals surface area contributed by atoms with Crippen molar-refractivity contribution in [1.82, 2.24) is 10.6 Å². The molecule has 32 heavy (non-hydrogen) atoms. The van der Waals surface area contributed by atoms with Gasteiger partial charge in [-0.25, -0.2) is 9.59 Å². The fourth-order valence-corrected chi connectivity index (χ4v) is 3.03. The van der Waals surface area contributed by atoms with Crippen molar-refractivity contribution in [2.45, 2.75) is 45.4 Å². The predicted octanol–water partition coefficient (Wildman–Crippen LogP) is 2.93. The van der Waals surface area contributed by atoms with E-state index in [9.17, 15) is 19.5 Å². The number of carbonyl (C=O) groups excluding carboxylic acids is 3. The van der Waals surface area contributed by atoms with E-state index in [0.717, 1.165) is 5.56 Å². The van der Waals surface area contributed by atoms with E-state index >= 15 is 0 Å². The molecule has 2 aromatic carbocycles. The number of amides is 2. The molecule has 0 spiro atoms. The van der Waals surface area contributed by atoms with Crippen molar-refractivity contribution in [3.05, 3.63) is 65.7 Å². The Hall–Kier alpha value is -3.55. The van der Waals surface area contributed by atoms with Crippen LogP contribution in [0.2, 0.25) is 0 Å². The van der Waals surface area contributed by atoms with Gasteiger partial charge in [-0.1, -0.05) is 62.7 Å². The van der Waals surface area contributed by atoms with Crippen LogP contribution in [0.1, 0.15) is 31.4 Å². The number of aromatic hydroxyl groups is 1. The molecule has 2 rings (SSSR count). The molecule has 0 saturated carbocycles. The first kappa shape index (κ1) is 24.7. The van der Waals surface area contributed by atoms with Gasteiger partial charge in [0.25, 0.3) is 0 Å². The highest BCUT2D eigenvalue weighted by molar-refractivity contribution is 5.90. The van der Waals surface area contributed by atoms with Gasteiger partial charge in [-0.05, 0) is 29.2 Å². The Morgan fingerprint density at radius 2 is 1.62 bits per heavy atom. The Labute approximate surface area is 187 Å². The average molecular weight is 443 g/mol. The van der Waals surface area contributed by atoms with Crippen LogP contribution in [-0.4, -0.2) is 42.3 Å². The number of phenols is 1. The number of methoxy groups -OCH3 is 1. The highest BCUT2D eigenvalue weighted by atomic mass is 16.5. The van der Waals surface area contributed by atoms with E-state index in [-0.39, 0.29) is 24.7 Å². The first-order chi connectivity index (χ1) is 15.3. The van der Waals surface area contributed by atoms with Crippen LogP contribution in [0.3, 0.4) is 0 Å². The summed E-state index contributed by atoms with van der Waals surface area (Å²) in [5.74, 6) is -1.16. The summed E-state index contributed by atoms with van der Waals surface area (Å²) in [6, 6.07) is 13.6. The van der Waals surface area contributed by atoms with E-state index in [0.29, 0.717) is 12.0 Å². The van der Waals surface area contributed by atoms with Crippen LogP contribution in [0.4, 0.5) is 4.79 Å². The van der Waals surface area contributed by atoms with Gasteiger partial charge < -0.3 is 25.2 Å². The van der Waals surface area contributed by atoms with Crippen molar-refractivity contribution in [3.63, 3.8) is 0 Å². The largest absolute Gasteiger partial charge is 0.508 e. The van der Waals surface area contributed by atoms with Gasteiger partial charge in [0.2, 0.25) is 5.91 Å². The molecule has 0 fully saturated rings. The molecule has 0 radical (unpaired) electrons. The number of hydrogen-bond donors (Lipinski definition) is 3. The van der Waals surface area contributed by atoms with Crippen molar-refractivity contribution in [3.8, 4) is 5.75 Å². The maximum absolute atomic E-state index is 13.0. The Morgan fingerprint density at radius 1 is 0.969 bits per heavy atom. The molecule has 0 aliphatic rings. The molecule has 8 heteroatoms. The summed E-state index contributed by atoms with van der Waals surface area (Å²) >= 11 is 0. The summed E-state index contributed by atoms with van der Waals surface area (Å²) in [7, 11) is 1.26. The summed E-state index contributed by atoms with van der Waals surface area (Å²) in [5.41, 5.74) is 1.52. The standard InChI is InChI=1S/C24H30N2O6/c1-4-16(2)21(23(29)31-3)26-22(28)20(14-17-10-12-19(27)13-11-17)25-24(30)32-15-18-8-6-5-7-9-18/h5-13,16,20-21,27H,4,14-15H2,1-3H3,(H,25,30)(H,26,28)/t16-,20-,21-/m0/s1. The third kappa shape index (κ3) is 7.61. The van der Waals surface area contributed by atoms with Gasteiger partial charge in [-0.3, -0.25) is 4.79 Å². The first-order valence-electron chi connectivity index (χ1n) is 10.5. The second-order valence-electron chi connectivity index (χ2n) is 7.52. The van der Waals surface area contributed by atoms with Crippen molar-refractivity contribution in [2.75, 3.05) is 7.11 Å². The second-order valence-corrected chi connectivity index (χ2v) is 7.52. The number of esters is 1. The number of nitrogens with one attached hydrogen (secondary N) is 2. The van der Waals surface area contributed by atoms with Gasteiger partial charge in [-0.2, -0.15) is 0 Å². The molecule has 3 N–H and O–H groups in total. The smallest absolute Gasteiger partial charge is 0.408 e. The zero-order valence-corrected chi connectivity index (χ0v) is 18.5. The van der Waals surface area contributed by atoms with E-state index in [1.807, 2.05) is 44.2 Å². The molecular weight excluding hydrogens is 412 g/mol. The SMILES string of the molecule is CC[C@H](C)[C@H](NC(=O)[C@H](Cc1ccc(O)cc1)NC(=O)OCc1ccccc1)C(=O)OC. The Bertz CT molecular complexity index is 885. The second kappa shape index (κ2) is 12.3. The van der Waals surface area contributed by atoms with E-state index in [2.05, 4.69) is 10.6 Å². The summed E-state index contributed by atoms with van der Waals surface area (Å²) < 4.78 is 10.1. The fourth-order valence-electron chi connectivity index (χ4n) is 3.03. The van der Waals surface area contributed by atoms with E-state index < -0.39 is 30.1 Å². The van der Waals surface area contributed by atoms with Crippen LogP contribution in [-0.2, 0) is 32.1 Å². The number of carbonyl (C=O) groups is 3. The highest BCUT2D eigenvalue weighted by Crippen LogP contribution is 2.13. The monoisotopic (exact) mass is 442 g/mol. The molecule has 2 amide bonds. The minimum absolute atomic E-state index is 0.0534. The van der Waals surface area contributed by atoms with Crippen LogP contribution in [0.15, 0.2) is 54.6 Å². The first-order valence-corrected chi connectivity index (χ1v) is 10.5. The van der Waals surface area contributed by atoms with Crippen molar-refractivity contribution >= 4 is 18.0 Å². The number of rotatable bonds is 10. The maximum atomic E-state index is 13.0. The van der Waals surface area contributed by atoms with Gasteiger partial charge in [0.15, 0.2) is 0 Å². The van der Waals surface area contributed by atoms with E-state index in [1.54, 1.807) is 12.1 Å². The van der Waals surface area contributed by atoms with Gasteiger partial charge >= 0.3 is 12.1 Å². The van der Waals surface area contributed by atoms with Crippen molar-refractivity contribution in [1.29, 1.82) is 0 Å². The lowest BCUT2D eigenvalue weighted by Gasteiger charge is -2.25. The van der Waals surface area contributed by atoms with Crippen LogP contribution in [0.5, 0.6) is 5.75 Å². The van der Waals surface area contributed by atoms with Gasteiger partial charge in [0.05, 0.1) is 7.11 Å². The zero-order valence-electron chi connectivity index (χ0n) is 18.5. The van der Waals surface area contributed by atoms with Crippen LogP contribution < -0.4 is 10.6 Å². The average Bonchev–Trinajstić information content (AvgIpc) is 2.81. The zero-order chi connectivity index (χ0) is 23.5. The molecular formula is C24H30N2O6. The Balaban J connectivity index is 2.12. The minimum Gasteiger partial charge on any atom is -0.508 e. The highest BCUT2D eigenvalue weighted by Gasteiger charge is 2.30. The molecule has 172 valence electrons. The molecule has 0 aromatic heterocycles. The van der Waals surface area contributed by atoms with Crippen molar-refractivity contribution < 1.29 is 29.0 Å². The van der Waals surface area contributed by atoms with Crippen LogP contribution in [0, 0.1) is 5.92 Å². The molecule has 2 aromatic rings. The molecule has 0 heterocycles. The Kier molecular flexibility index (Phi) is 9.53. The molecule has 3 atom stereocenters. The number of phenolic OH excluding ortho intramolecular Hbond substituents is 1. The molecule has 0 aliphatic heterocycles. The van der Waals surface area contributed by atoms with Crippen LogP contribution in [0.25, 0.3) is 0 Å². The van der Waals surface area contributed by atoms with Gasteiger partial charge in [-0.15, -0.1) is 0 Å². The van der Waals surface area contributed by atoms with E-state index in [1.165, 1.54) is 19.2 Å². The molecule has 8 nitrogen and oxygen atoms in total. The summed E-state index contributed by atoms with van der Waals surface area (Å²) in [4.78, 5) is 37.6. The van der Waals surface area contributed by atoms with Gasteiger partial charge in [0.1, 0.15) is 24.4 Å². The minimum atomic E-state index is -1.00. The number of ether oxygens (including phenoxy) is 2. The number of benzene rings is 2. The number of alkyl carbamates (subject to hydrolysis) is 1. The molecule has 0 unspecified atom stereocenters. The third-order valence-corrected chi connectivity index (χ3v) is 5.16. The maximum Gasteiger partial charge on any atom is 0.408 e. The Morgan fingerprint density at radius 3 is 2.22 bits per heavy atom. The molecule has 0 saturated heterocycles. The quantitative estimate of drug-likeness (QED) is 0.488. The summed E-state index contributed by atoms with van der Waals surface area (Å²) in [5, 5.41) is 14.8.